The Balaban J connectivity index is 1.88. The lowest BCUT2D eigenvalue weighted by Crippen LogP contribution is -2.30. The highest BCUT2D eigenvalue weighted by atomic mass is 35.5. The summed E-state index contributed by atoms with van der Waals surface area (Å²) >= 11 is 5.67. The van der Waals surface area contributed by atoms with Crippen molar-refractivity contribution in [2.24, 2.45) is 0 Å². The maximum absolute atomic E-state index is 13.7. The van der Waals surface area contributed by atoms with Gasteiger partial charge in [-0.15, -0.1) is 0 Å². The fourth-order valence-corrected chi connectivity index (χ4v) is 2.59. The summed E-state index contributed by atoms with van der Waals surface area (Å²) in [5.74, 6) is -1.20. The van der Waals surface area contributed by atoms with Gasteiger partial charge in [-0.05, 0) is 31.2 Å². The normalized spacial score (nSPS) is 10.8. The molecule has 7 heteroatoms. The van der Waals surface area contributed by atoms with Crippen LogP contribution in [0.5, 0.6) is 0 Å². The van der Waals surface area contributed by atoms with Crippen molar-refractivity contribution < 1.29 is 9.18 Å². The molecule has 0 saturated carbocycles. The summed E-state index contributed by atoms with van der Waals surface area (Å²) in [6.45, 7) is 1.45. The molecule has 24 heavy (non-hydrogen) atoms. The van der Waals surface area contributed by atoms with Crippen molar-refractivity contribution in [2.45, 2.75) is 13.5 Å². The molecule has 0 aliphatic heterocycles. The summed E-state index contributed by atoms with van der Waals surface area (Å²) < 4.78 is 14.8. The fourth-order valence-electron chi connectivity index (χ4n) is 2.43. The van der Waals surface area contributed by atoms with E-state index in [9.17, 15) is 14.0 Å². The van der Waals surface area contributed by atoms with Gasteiger partial charge in [-0.2, -0.15) is 5.10 Å². The SMILES string of the molecule is Cc1nn(CC(=O)Nc2ccc(Cl)cc2F)c(=O)c2ccccc12. The summed E-state index contributed by atoms with van der Waals surface area (Å²) in [5, 5.41) is 8.01. The molecule has 2 aromatic carbocycles. The summed E-state index contributed by atoms with van der Waals surface area (Å²) in [4.78, 5) is 24.5. The molecule has 3 rings (SSSR count). The molecule has 1 aromatic heterocycles. The van der Waals surface area contributed by atoms with Gasteiger partial charge in [-0.25, -0.2) is 9.07 Å². The van der Waals surface area contributed by atoms with E-state index < -0.39 is 11.7 Å². The quantitative estimate of drug-likeness (QED) is 0.793. The summed E-state index contributed by atoms with van der Waals surface area (Å²) in [5.41, 5.74) is 0.258. The fraction of sp³-hybridized carbons (Fsp3) is 0.118. The van der Waals surface area contributed by atoms with Gasteiger partial charge in [0.1, 0.15) is 12.4 Å². The largest absolute Gasteiger partial charge is 0.322 e. The van der Waals surface area contributed by atoms with Crippen molar-refractivity contribution in [3.8, 4) is 0 Å². The van der Waals surface area contributed by atoms with Crippen molar-refractivity contribution in [3.63, 3.8) is 0 Å². The standard InChI is InChI=1S/C17H13ClFN3O2/c1-10-12-4-2-3-5-13(12)17(24)22(21-10)9-16(23)20-15-7-6-11(18)8-14(15)19/h2-8H,9H2,1H3,(H,20,23). The lowest BCUT2D eigenvalue weighted by Gasteiger charge is -2.10. The zero-order valence-corrected chi connectivity index (χ0v) is 13.5. The van der Waals surface area contributed by atoms with E-state index >= 15 is 0 Å². The van der Waals surface area contributed by atoms with Crippen LogP contribution in [0, 0.1) is 12.7 Å². The monoisotopic (exact) mass is 345 g/mol. The van der Waals surface area contributed by atoms with Gasteiger partial charge < -0.3 is 5.32 Å². The van der Waals surface area contributed by atoms with Crippen LogP contribution in [0.3, 0.4) is 0 Å². The highest BCUT2D eigenvalue weighted by Gasteiger charge is 2.12. The van der Waals surface area contributed by atoms with E-state index in [-0.39, 0.29) is 22.8 Å². The minimum atomic E-state index is -0.647. The summed E-state index contributed by atoms with van der Waals surface area (Å²) in [6, 6.07) is 11.0. The van der Waals surface area contributed by atoms with Gasteiger partial charge in [0.25, 0.3) is 5.56 Å². The molecule has 1 N–H and O–H groups in total. The number of carbonyl (C=O) groups excluding carboxylic acids is 1. The van der Waals surface area contributed by atoms with E-state index in [0.29, 0.717) is 11.1 Å². The Bertz CT molecular complexity index is 1000. The van der Waals surface area contributed by atoms with Gasteiger partial charge in [0.15, 0.2) is 0 Å². The zero-order chi connectivity index (χ0) is 17.3. The third kappa shape index (κ3) is 3.14. The van der Waals surface area contributed by atoms with Crippen molar-refractivity contribution in [1.82, 2.24) is 9.78 Å². The van der Waals surface area contributed by atoms with Crippen molar-refractivity contribution in [3.05, 3.63) is 69.4 Å². The number of anilines is 1. The van der Waals surface area contributed by atoms with Crippen molar-refractivity contribution in [1.29, 1.82) is 0 Å². The first-order valence-electron chi connectivity index (χ1n) is 7.17. The summed E-state index contributed by atoms with van der Waals surface area (Å²) in [6.07, 6.45) is 0. The lowest BCUT2D eigenvalue weighted by atomic mass is 10.1. The molecule has 0 bridgehead atoms. The Kier molecular flexibility index (Phi) is 4.31. The van der Waals surface area contributed by atoms with Crippen molar-refractivity contribution >= 4 is 34.0 Å². The molecule has 5 nitrogen and oxygen atoms in total. The highest BCUT2D eigenvalue weighted by Crippen LogP contribution is 2.19. The van der Waals surface area contributed by atoms with Gasteiger partial charge in [-0.3, -0.25) is 9.59 Å². The van der Waals surface area contributed by atoms with Gasteiger partial charge in [0.2, 0.25) is 5.91 Å². The topological polar surface area (TPSA) is 64.0 Å². The number of halogens is 2. The molecule has 0 radical (unpaired) electrons. The van der Waals surface area contributed by atoms with Crippen LogP contribution in [-0.2, 0) is 11.3 Å². The second-order valence-electron chi connectivity index (χ2n) is 5.27. The Morgan fingerprint density at radius 2 is 1.96 bits per heavy atom. The van der Waals surface area contributed by atoms with E-state index in [0.717, 1.165) is 16.1 Å². The lowest BCUT2D eigenvalue weighted by molar-refractivity contribution is -0.117. The molecule has 0 fully saturated rings. The Labute approximate surface area is 141 Å². The number of benzene rings is 2. The van der Waals surface area contributed by atoms with Gasteiger partial charge in [0.05, 0.1) is 16.8 Å². The van der Waals surface area contributed by atoms with Crippen LogP contribution in [-0.4, -0.2) is 15.7 Å². The second-order valence-corrected chi connectivity index (χ2v) is 5.70. The van der Waals surface area contributed by atoms with Crippen LogP contribution in [0.4, 0.5) is 10.1 Å². The van der Waals surface area contributed by atoms with Crippen LogP contribution < -0.4 is 10.9 Å². The first-order chi connectivity index (χ1) is 11.5. The molecule has 0 aliphatic carbocycles. The van der Waals surface area contributed by atoms with Gasteiger partial charge in [-0.1, -0.05) is 29.8 Å². The Hall–Kier alpha value is -2.73. The number of hydrogen-bond donors (Lipinski definition) is 1. The number of nitrogens with one attached hydrogen (secondary N) is 1. The van der Waals surface area contributed by atoms with Crippen LogP contribution >= 0.6 is 11.6 Å². The number of nitrogens with zero attached hydrogens (tertiary/aromatic N) is 2. The first-order valence-corrected chi connectivity index (χ1v) is 7.55. The van der Waals surface area contributed by atoms with E-state index in [2.05, 4.69) is 10.4 Å². The highest BCUT2D eigenvalue weighted by molar-refractivity contribution is 6.30. The van der Waals surface area contributed by atoms with Crippen LogP contribution in [0.15, 0.2) is 47.3 Å². The predicted molar refractivity (Wildman–Crippen MR) is 90.8 cm³/mol. The molecular weight excluding hydrogens is 333 g/mol. The number of carbonyl (C=O) groups is 1. The predicted octanol–water partition coefficient (Wildman–Crippen LogP) is 3.14. The maximum atomic E-state index is 13.7. The van der Waals surface area contributed by atoms with Crippen molar-refractivity contribution in [2.75, 3.05) is 5.32 Å². The third-order valence-corrected chi connectivity index (χ3v) is 3.79. The number of hydrogen-bond acceptors (Lipinski definition) is 3. The smallest absolute Gasteiger partial charge is 0.275 e. The number of aromatic nitrogens is 2. The minimum Gasteiger partial charge on any atom is -0.322 e. The molecule has 0 spiro atoms. The second kappa shape index (κ2) is 6.41. The average Bonchev–Trinajstić information content (AvgIpc) is 2.55. The average molecular weight is 346 g/mol. The number of aryl methyl sites for hydroxylation is 1. The Morgan fingerprint density at radius 1 is 1.25 bits per heavy atom. The molecule has 3 aromatic rings. The summed E-state index contributed by atoms with van der Waals surface area (Å²) in [7, 11) is 0. The zero-order valence-electron chi connectivity index (χ0n) is 12.7. The minimum absolute atomic E-state index is 0.00467. The van der Waals surface area contributed by atoms with Crippen LogP contribution in [0.1, 0.15) is 5.69 Å². The molecule has 0 atom stereocenters. The van der Waals surface area contributed by atoms with E-state index in [1.54, 1.807) is 25.1 Å². The Morgan fingerprint density at radius 3 is 2.67 bits per heavy atom. The maximum Gasteiger partial charge on any atom is 0.275 e. The molecule has 0 aliphatic rings. The van der Waals surface area contributed by atoms with E-state index in [1.165, 1.54) is 12.1 Å². The van der Waals surface area contributed by atoms with Gasteiger partial charge >= 0.3 is 0 Å². The number of fused-ring (bicyclic) bond motifs is 1. The van der Waals surface area contributed by atoms with E-state index in [1.807, 2.05) is 6.07 Å². The first kappa shape index (κ1) is 16.1. The van der Waals surface area contributed by atoms with Gasteiger partial charge in [0, 0.05) is 10.4 Å². The van der Waals surface area contributed by atoms with Crippen LogP contribution in [0.2, 0.25) is 5.02 Å². The molecular formula is C17H13ClFN3O2. The third-order valence-electron chi connectivity index (χ3n) is 3.55. The molecule has 0 unspecified atom stereocenters. The molecule has 0 saturated heterocycles. The number of amides is 1. The number of rotatable bonds is 3. The van der Waals surface area contributed by atoms with Crippen LogP contribution in [0.25, 0.3) is 10.8 Å². The molecule has 122 valence electrons. The molecule has 1 amide bonds. The molecule has 1 heterocycles. The van der Waals surface area contributed by atoms with E-state index in [4.69, 9.17) is 11.6 Å².